The zero-order chi connectivity index (χ0) is 21.5. The summed E-state index contributed by atoms with van der Waals surface area (Å²) in [6.07, 6.45) is -0.760. The molecular formula is C22H28F3N3O2. The lowest BCUT2D eigenvalue weighted by molar-refractivity contribution is -0.137. The molecule has 1 saturated heterocycles. The van der Waals surface area contributed by atoms with Crippen molar-refractivity contribution in [3.63, 3.8) is 0 Å². The number of alkyl halides is 3. The Balaban J connectivity index is 1.76. The average Bonchev–Trinajstić information content (AvgIpc) is 3.26. The van der Waals surface area contributed by atoms with Crippen molar-refractivity contribution in [3.05, 3.63) is 59.5 Å². The zero-order valence-corrected chi connectivity index (χ0v) is 17.1. The number of ether oxygens (including phenoxy) is 1. The summed E-state index contributed by atoms with van der Waals surface area (Å²) in [5.74, 6) is 1.52. The monoisotopic (exact) mass is 423 g/mol. The Morgan fingerprint density at radius 3 is 2.60 bits per heavy atom. The van der Waals surface area contributed by atoms with Crippen LogP contribution in [0.15, 0.2) is 52.1 Å². The van der Waals surface area contributed by atoms with E-state index in [2.05, 4.69) is 10.6 Å². The smallest absolute Gasteiger partial charge is 0.416 e. The molecule has 30 heavy (non-hydrogen) atoms. The van der Waals surface area contributed by atoms with Gasteiger partial charge >= 0.3 is 6.18 Å². The van der Waals surface area contributed by atoms with E-state index in [-0.39, 0.29) is 0 Å². The first-order valence-corrected chi connectivity index (χ1v) is 10.2. The Morgan fingerprint density at radius 2 is 1.93 bits per heavy atom. The van der Waals surface area contributed by atoms with Gasteiger partial charge in [-0.25, -0.2) is 0 Å². The van der Waals surface area contributed by atoms with Crippen LogP contribution in [0.4, 0.5) is 13.2 Å². The normalized spacial score (nSPS) is 17.0. The van der Waals surface area contributed by atoms with Crippen LogP contribution in [0.5, 0.6) is 0 Å². The van der Waals surface area contributed by atoms with Gasteiger partial charge in [0.2, 0.25) is 0 Å². The fourth-order valence-corrected chi connectivity index (χ4v) is 3.66. The van der Waals surface area contributed by atoms with E-state index in [1.165, 1.54) is 12.1 Å². The quantitative estimate of drug-likeness (QED) is 0.519. The predicted octanol–water partition coefficient (Wildman–Crippen LogP) is 4.14. The molecule has 1 aliphatic rings. The van der Waals surface area contributed by atoms with Gasteiger partial charge in [-0.05, 0) is 43.5 Å². The molecule has 0 amide bonds. The molecule has 2 heterocycles. The van der Waals surface area contributed by atoms with Crippen LogP contribution in [-0.2, 0) is 22.7 Å². The maximum absolute atomic E-state index is 13.3. The average molecular weight is 423 g/mol. The van der Waals surface area contributed by atoms with E-state index in [0.717, 1.165) is 11.8 Å². The molecule has 0 atom stereocenters. The minimum atomic E-state index is -4.37. The number of hydrogen-bond acceptors (Lipinski definition) is 3. The van der Waals surface area contributed by atoms with Crippen LogP contribution >= 0.6 is 0 Å². The minimum Gasteiger partial charge on any atom is -0.469 e. The van der Waals surface area contributed by atoms with Crippen LogP contribution in [0.25, 0.3) is 0 Å². The van der Waals surface area contributed by atoms with E-state index < -0.39 is 17.2 Å². The van der Waals surface area contributed by atoms with E-state index in [1.807, 2.05) is 19.1 Å². The molecule has 164 valence electrons. The predicted molar refractivity (Wildman–Crippen MR) is 110 cm³/mol. The van der Waals surface area contributed by atoms with Gasteiger partial charge in [0, 0.05) is 38.1 Å². The molecule has 0 radical (unpaired) electrons. The second kappa shape index (κ2) is 10.0. The molecule has 0 bridgehead atoms. The SMILES string of the molecule is CCNC(=NCC1(c2cccc(C(F)(F)F)c2)CCOCC1)NCCc1ccco1. The fourth-order valence-electron chi connectivity index (χ4n) is 3.66. The first-order valence-electron chi connectivity index (χ1n) is 10.2. The van der Waals surface area contributed by atoms with Gasteiger partial charge in [-0.2, -0.15) is 13.2 Å². The van der Waals surface area contributed by atoms with Gasteiger partial charge in [0.1, 0.15) is 5.76 Å². The van der Waals surface area contributed by atoms with Gasteiger partial charge in [-0.3, -0.25) is 4.99 Å². The number of guanidine groups is 1. The van der Waals surface area contributed by atoms with Gasteiger partial charge in [-0.1, -0.05) is 18.2 Å². The largest absolute Gasteiger partial charge is 0.469 e. The molecule has 5 nitrogen and oxygen atoms in total. The first kappa shape index (κ1) is 22.2. The molecule has 1 fully saturated rings. The van der Waals surface area contributed by atoms with Crippen molar-refractivity contribution in [3.8, 4) is 0 Å². The van der Waals surface area contributed by atoms with Gasteiger partial charge in [0.15, 0.2) is 5.96 Å². The van der Waals surface area contributed by atoms with Crippen molar-refractivity contribution in [2.75, 3.05) is 32.8 Å². The van der Waals surface area contributed by atoms with E-state index in [1.54, 1.807) is 12.3 Å². The Morgan fingerprint density at radius 1 is 1.13 bits per heavy atom. The summed E-state index contributed by atoms with van der Waals surface area (Å²) < 4.78 is 50.6. The van der Waals surface area contributed by atoms with Gasteiger partial charge in [0.05, 0.1) is 18.4 Å². The van der Waals surface area contributed by atoms with Crippen molar-refractivity contribution in [1.82, 2.24) is 10.6 Å². The molecule has 1 aromatic heterocycles. The van der Waals surface area contributed by atoms with E-state index in [0.29, 0.717) is 63.6 Å². The second-order valence-corrected chi connectivity index (χ2v) is 7.42. The van der Waals surface area contributed by atoms with Crippen molar-refractivity contribution in [1.29, 1.82) is 0 Å². The van der Waals surface area contributed by atoms with Crippen LogP contribution in [0.2, 0.25) is 0 Å². The molecule has 0 unspecified atom stereocenters. The van der Waals surface area contributed by atoms with E-state index in [4.69, 9.17) is 14.1 Å². The summed E-state index contributed by atoms with van der Waals surface area (Å²) >= 11 is 0. The van der Waals surface area contributed by atoms with Crippen molar-refractivity contribution in [2.24, 2.45) is 4.99 Å². The molecule has 0 saturated carbocycles. The Bertz CT molecular complexity index is 813. The molecule has 2 aromatic rings. The summed E-state index contributed by atoms with van der Waals surface area (Å²) in [5, 5.41) is 6.47. The maximum Gasteiger partial charge on any atom is 0.416 e. The number of rotatable bonds is 7. The Hall–Kier alpha value is -2.48. The molecule has 0 aliphatic carbocycles. The highest BCUT2D eigenvalue weighted by atomic mass is 19.4. The number of nitrogens with one attached hydrogen (secondary N) is 2. The molecule has 1 aromatic carbocycles. The summed E-state index contributed by atoms with van der Waals surface area (Å²) in [6, 6.07) is 9.38. The molecule has 0 spiro atoms. The van der Waals surface area contributed by atoms with Crippen LogP contribution < -0.4 is 10.6 Å². The van der Waals surface area contributed by atoms with Crippen LogP contribution in [0.1, 0.15) is 36.7 Å². The highest BCUT2D eigenvalue weighted by Gasteiger charge is 2.37. The van der Waals surface area contributed by atoms with Gasteiger partial charge in [-0.15, -0.1) is 0 Å². The highest BCUT2D eigenvalue weighted by Crippen LogP contribution is 2.38. The molecular weight excluding hydrogens is 395 g/mol. The fraction of sp³-hybridized carbons (Fsp3) is 0.500. The van der Waals surface area contributed by atoms with Crippen LogP contribution in [0, 0.1) is 0 Å². The molecule has 8 heteroatoms. The summed E-state index contributed by atoms with van der Waals surface area (Å²) in [7, 11) is 0. The third-order valence-electron chi connectivity index (χ3n) is 5.38. The number of benzene rings is 1. The summed E-state index contributed by atoms with van der Waals surface area (Å²) in [6.45, 7) is 4.70. The lowest BCUT2D eigenvalue weighted by atomic mass is 9.74. The highest BCUT2D eigenvalue weighted by molar-refractivity contribution is 5.79. The maximum atomic E-state index is 13.3. The number of nitrogens with zero attached hydrogens (tertiary/aromatic N) is 1. The standard InChI is InChI=1S/C22H28F3N3O2/c1-2-26-20(27-11-8-19-7-4-12-30-19)28-16-21(9-13-29-14-10-21)17-5-3-6-18(15-17)22(23,24)25/h3-7,12,15H,2,8-11,13-14,16H2,1H3,(H2,26,27,28). The van der Waals surface area contributed by atoms with Gasteiger partial charge < -0.3 is 19.8 Å². The Labute approximate surface area is 174 Å². The minimum absolute atomic E-state index is 0.383. The van der Waals surface area contributed by atoms with Crippen molar-refractivity contribution < 1.29 is 22.3 Å². The number of hydrogen-bond donors (Lipinski definition) is 2. The number of halogens is 3. The van der Waals surface area contributed by atoms with Gasteiger partial charge in [0.25, 0.3) is 0 Å². The second-order valence-electron chi connectivity index (χ2n) is 7.42. The van der Waals surface area contributed by atoms with E-state index in [9.17, 15) is 13.2 Å². The zero-order valence-electron chi connectivity index (χ0n) is 17.1. The van der Waals surface area contributed by atoms with Crippen molar-refractivity contribution in [2.45, 2.75) is 37.8 Å². The number of furan rings is 1. The summed E-state index contributed by atoms with van der Waals surface area (Å²) in [4.78, 5) is 4.72. The lowest BCUT2D eigenvalue weighted by Crippen LogP contribution is -2.41. The first-order chi connectivity index (χ1) is 14.4. The third kappa shape index (κ3) is 5.78. The molecule has 3 rings (SSSR count). The summed E-state index contributed by atoms with van der Waals surface area (Å²) in [5.41, 5.74) is -0.447. The van der Waals surface area contributed by atoms with Crippen LogP contribution in [0.3, 0.4) is 0 Å². The molecule has 2 N–H and O–H groups in total. The lowest BCUT2D eigenvalue weighted by Gasteiger charge is -2.37. The molecule has 1 aliphatic heterocycles. The van der Waals surface area contributed by atoms with Crippen LogP contribution in [-0.4, -0.2) is 38.8 Å². The van der Waals surface area contributed by atoms with E-state index >= 15 is 0 Å². The number of aliphatic imine (C=N–C) groups is 1. The third-order valence-corrected chi connectivity index (χ3v) is 5.38. The topological polar surface area (TPSA) is 58.8 Å². The Kier molecular flexibility index (Phi) is 7.42. The van der Waals surface area contributed by atoms with Crippen molar-refractivity contribution >= 4 is 5.96 Å².